The summed E-state index contributed by atoms with van der Waals surface area (Å²) in [6.45, 7) is 5.00. The number of anilines is 2. The van der Waals surface area contributed by atoms with Crippen molar-refractivity contribution in [2.45, 2.75) is 63.2 Å². The number of nitrogens with zero attached hydrogens (tertiary/aromatic N) is 2. The van der Waals surface area contributed by atoms with E-state index in [-0.39, 0.29) is 17.7 Å². The number of hydrogen-bond donors (Lipinski definition) is 0. The average molecular weight is 847 g/mol. The van der Waals surface area contributed by atoms with Crippen LogP contribution in [0.2, 0.25) is 0 Å². The molecule has 2 saturated carbocycles. The minimum absolute atomic E-state index is 0.0472. The van der Waals surface area contributed by atoms with Crippen molar-refractivity contribution in [3.63, 3.8) is 0 Å². The highest BCUT2D eigenvalue weighted by Crippen LogP contribution is 2.56. The first-order valence-corrected chi connectivity index (χ1v) is 24.3. The molecule has 16 rings (SSSR count). The third-order valence-electron chi connectivity index (χ3n) is 17.4. The lowest BCUT2D eigenvalue weighted by atomic mass is 9.43. The van der Waals surface area contributed by atoms with E-state index in [4.69, 9.17) is 4.42 Å². The standard InChI is InChI=1S/C62H47BN2O/c1-61(24-22-38-26-41(38)34-61)43-18-21-54-48(29-43)52-30-44(62(2)25-23-39-27-42(39)35-62)31-53-59(52)64(54)60-46-13-7-6-12-40(46)28-51-49-32-50-47-14-8-9-15-56(47)66-57(50)33-55(49)65(63(53)58(51)60)45-19-16-37(17-20-45)36-10-4-3-5-11-36/h3-23,28-33,41-42H,24-27,34-35H2,1-2H3. The first-order valence-electron chi connectivity index (χ1n) is 24.3. The molecule has 4 atom stereocenters. The quantitative estimate of drug-likeness (QED) is 0.130. The molecule has 4 heteroatoms. The van der Waals surface area contributed by atoms with Crippen molar-refractivity contribution >= 4 is 83.7 Å². The lowest BCUT2D eigenvalue weighted by Gasteiger charge is -2.43. The summed E-state index contributed by atoms with van der Waals surface area (Å²) in [4.78, 5) is 2.69. The van der Waals surface area contributed by atoms with Crippen LogP contribution in [-0.2, 0) is 10.8 Å². The minimum Gasteiger partial charge on any atom is -0.456 e. The maximum absolute atomic E-state index is 6.76. The highest BCUT2D eigenvalue weighted by molar-refractivity contribution is 6.94. The van der Waals surface area contributed by atoms with E-state index < -0.39 is 0 Å². The van der Waals surface area contributed by atoms with Crippen molar-refractivity contribution in [3.8, 4) is 27.9 Å². The van der Waals surface area contributed by atoms with Crippen LogP contribution in [0, 0.1) is 11.8 Å². The molecule has 6 aliphatic rings. The molecule has 2 fully saturated rings. The van der Waals surface area contributed by atoms with Gasteiger partial charge in [-0.05, 0) is 154 Å². The third-order valence-corrected chi connectivity index (χ3v) is 17.4. The fourth-order valence-electron chi connectivity index (χ4n) is 13.7. The average Bonchev–Trinajstić information content (AvgIpc) is 4.25. The second-order valence-corrected chi connectivity index (χ2v) is 21.4. The maximum atomic E-state index is 6.76. The highest BCUT2D eigenvalue weighted by atomic mass is 16.3. The molecule has 10 aromatic rings. The molecule has 0 amide bonds. The maximum Gasteiger partial charge on any atom is 0.333 e. The van der Waals surface area contributed by atoms with Gasteiger partial charge in [0.2, 0.25) is 0 Å². The molecule has 2 aromatic heterocycles. The molecule has 0 bridgehead atoms. The Morgan fingerprint density at radius 1 is 0.561 bits per heavy atom. The van der Waals surface area contributed by atoms with Crippen LogP contribution >= 0.6 is 0 Å². The molecule has 314 valence electrons. The first kappa shape index (κ1) is 36.2. The zero-order valence-electron chi connectivity index (χ0n) is 37.4. The van der Waals surface area contributed by atoms with Gasteiger partial charge < -0.3 is 13.8 Å². The Hall–Kier alpha value is -7.04. The van der Waals surface area contributed by atoms with Gasteiger partial charge in [-0.2, -0.15) is 0 Å². The number of aromatic nitrogens is 1. The van der Waals surface area contributed by atoms with Gasteiger partial charge in [0, 0.05) is 49.9 Å². The number of rotatable bonds is 4. The summed E-state index contributed by atoms with van der Waals surface area (Å²) in [7, 11) is 0. The summed E-state index contributed by atoms with van der Waals surface area (Å²) in [6, 6.07) is 58.1. The Balaban J connectivity index is 1.04. The summed E-state index contributed by atoms with van der Waals surface area (Å²) in [6.07, 6.45) is 12.4. The van der Waals surface area contributed by atoms with Crippen molar-refractivity contribution in [1.82, 2.24) is 4.57 Å². The summed E-state index contributed by atoms with van der Waals surface area (Å²) in [5.74, 6) is 1.49. The Morgan fingerprint density at radius 2 is 1.26 bits per heavy atom. The number of hydrogen-bond acceptors (Lipinski definition) is 2. The monoisotopic (exact) mass is 846 g/mol. The number of benzene rings is 8. The molecule has 4 heterocycles. The van der Waals surface area contributed by atoms with Crippen LogP contribution in [0.25, 0.3) is 82.5 Å². The molecule has 2 aliphatic heterocycles. The molecule has 8 aromatic carbocycles. The van der Waals surface area contributed by atoms with E-state index in [1.54, 1.807) is 11.1 Å². The fraction of sp³-hybridized carbons (Fsp3) is 0.194. The number of para-hydroxylation sites is 1. The van der Waals surface area contributed by atoms with E-state index in [9.17, 15) is 0 Å². The van der Waals surface area contributed by atoms with Gasteiger partial charge in [-0.15, -0.1) is 0 Å². The van der Waals surface area contributed by atoms with Crippen LogP contribution in [0.1, 0.15) is 63.5 Å². The van der Waals surface area contributed by atoms with Crippen LogP contribution in [0.15, 0.2) is 179 Å². The summed E-state index contributed by atoms with van der Waals surface area (Å²) >= 11 is 0. The second-order valence-electron chi connectivity index (χ2n) is 21.4. The zero-order valence-corrected chi connectivity index (χ0v) is 37.4. The minimum atomic E-state index is -0.0938. The SMILES string of the molecule is CC1(c2ccc3c(c2)c2cc(C4(C)CC=C5CC5C4)cc4c2n3-c2c3c(cc5ccccc25)-c2cc5c(cc2N(c2ccc(-c6ccccc6)cc2)B34)oc2ccccc25)CC=C2CC2C1. The zero-order chi connectivity index (χ0) is 43.2. The Kier molecular flexibility index (Phi) is 6.83. The Morgan fingerprint density at radius 3 is 2.05 bits per heavy atom. The molecule has 4 aliphatic carbocycles. The number of allylic oxidation sites excluding steroid dienone is 4. The van der Waals surface area contributed by atoms with Crippen molar-refractivity contribution in [2.24, 2.45) is 11.8 Å². The van der Waals surface area contributed by atoms with E-state index >= 15 is 0 Å². The van der Waals surface area contributed by atoms with E-state index in [2.05, 4.69) is 187 Å². The van der Waals surface area contributed by atoms with Crippen molar-refractivity contribution < 1.29 is 4.42 Å². The van der Waals surface area contributed by atoms with E-state index in [1.807, 2.05) is 0 Å². The number of furan rings is 1. The largest absolute Gasteiger partial charge is 0.456 e. The molecule has 4 unspecified atom stereocenters. The molecular weight excluding hydrogens is 800 g/mol. The van der Waals surface area contributed by atoms with Crippen LogP contribution in [0.5, 0.6) is 0 Å². The van der Waals surface area contributed by atoms with Crippen LogP contribution in [0.4, 0.5) is 11.4 Å². The second kappa shape index (κ2) is 12.4. The van der Waals surface area contributed by atoms with E-state index in [0.29, 0.717) is 0 Å². The van der Waals surface area contributed by atoms with Gasteiger partial charge in [0.1, 0.15) is 11.2 Å². The predicted octanol–water partition coefficient (Wildman–Crippen LogP) is 14.7. The molecule has 66 heavy (non-hydrogen) atoms. The number of fused-ring (bicyclic) bond motifs is 14. The van der Waals surface area contributed by atoms with Crippen LogP contribution < -0.4 is 15.7 Å². The highest BCUT2D eigenvalue weighted by Gasteiger charge is 2.48. The Labute approximate surface area is 384 Å². The predicted molar refractivity (Wildman–Crippen MR) is 276 cm³/mol. The summed E-state index contributed by atoms with van der Waals surface area (Å²) < 4.78 is 9.47. The third kappa shape index (κ3) is 4.84. The normalized spacial score (nSPS) is 23.2. The lowest BCUT2D eigenvalue weighted by molar-refractivity contribution is 0.407. The van der Waals surface area contributed by atoms with Gasteiger partial charge in [-0.1, -0.05) is 134 Å². The van der Waals surface area contributed by atoms with Crippen LogP contribution in [-0.4, -0.2) is 11.4 Å². The molecule has 0 radical (unpaired) electrons. The van der Waals surface area contributed by atoms with Gasteiger partial charge in [0.15, 0.2) is 0 Å². The topological polar surface area (TPSA) is 21.3 Å². The molecular formula is C62H47BN2O. The lowest BCUT2D eigenvalue weighted by Crippen LogP contribution is -2.61. The van der Waals surface area contributed by atoms with Gasteiger partial charge in [0.25, 0.3) is 0 Å². The van der Waals surface area contributed by atoms with Gasteiger partial charge >= 0.3 is 6.85 Å². The molecule has 0 saturated heterocycles. The molecule has 3 nitrogen and oxygen atoms in total. The van der Waals surface area contributed by atoms with Gasteiger partial charge in [-0.3, -0.25) is 0 Å². The van der Waals surface area contributed by atoms with E-state index in [1.165, 1.54) is 120 Å². The summed E-state index contributed by atoms with van der Waals surface area (Å²) in [5, 5.41) is 7.66. The first-order chi connectivity index (χ1) is 32.4. The van der Waals surface area contributed by atoms with Crippen molar-refractivity contribution in [3.05, 3.63) is 186 Å². The smallest absolute Gasteiger partial charge is 0.333 e. The summed E-state index contributed by atoms with van der Waals surface area (Å²) in [5.41, 5.74) is 22.5. The Bertz CT molecular complexity index is 3890. The fourth-order valence-corrected chi connectivity index (χ4v) is 13.7. The van der Waals surface area contributed by atoms with Gasteiger partial charge in [-0.25, -0.2) is 0 Å². The van der Waals surface area contributed by atoms with Crippen molar-refractivity contribution in [2.75, 3.05) is 4.81 Å². The van der Waals surface area contributed by atoms with Crippen LogP contribution in [0.3, 0.4) is 0 Å². The molecule has 0 spiro atoms. The van der Waals surface area contributed by atoms with Gasteiger partial charge in [0.05, 0.1) is 16.7 Å². The van der Waals surface area contributed by atoms with Crippen molar-refractivity contribution in [1.29, 1.82) is 0 Å². The van der Waals surface area contributed by atoms with E-state index in [0.717, 1.165) is 46.6 Å². The molecule has 0 N–H and O–H groups in total.